The normalized spacial score (nSPS) is 11.9. The second-order valence-electron chi connectivity index (χ2n) is 4.17. The molecule has 1 rings (SSSR count). The average molecular weight is 251 g/mol. The van der Waals surface area contributed by atoms with Gasteiger partial charge in [-0.15, -0.1) is 0 Å². The van der Waals surface area contributed by atoms with Crippen molar-refractivity contribution < 1.29 is 14.3 Å². The lowest BCUT2D eigenvalue weighted by Gasteiger charge is -2.12. The summed E-state index contributed by atoms with van der Waals surface area (Å²) in [5, 5.41) is 3.36. The van der Waals surface area contributed by atoms with Crippen molar-refractivity contribution in [3.8, 4) is 5.75 Å². The number of carbonyl (C=O) groups is 1. The van der Waals surface area contributed by atoms with E-state index in [1.165, 1.54) is 12.7 Å². The summed E-state index contributed by atoms with van der Waals surface area (Å²) in [4.78, 5) is 10.9. The van der Waals surface area contributed by atoms with Gasteiger partial charge in [0.05, 0.1) is 7.11 Å². The summed E-state index contributed by atoms with van der Waals surface area (Å²) in [6, 6.07) is 8.23. The molecule has 4 nitrogen and oxygen atoms in total. The zero-order valence-electron chi connectivity index (χ0n) is 11.2. The molecule has 0 aliphatic carbocycles. The largest absolute Gasteiger partial charge is 0.482 e. The maximum Gasteiger partial charge on any atom is 0.343 e. The molecule has 0 bridgehead atoms. The minimum absolute atomic E-state index is 0.0519. The summed E-state index contributed by atoms with van der Waals surface area (Å²) in [5.74, 6) is 0.306. The Kier molecular flexibility index (Phi) is 6.22. The highest BCUT2D eigenvalue weighted by Gasteiger charge is 2.04. The summed E-state index contributed by atoms with van der Waals surface area (Å²) >= 11 is 0. The van der Waals surface area contributed by atoms with Crippen molar-refractivity contribution >= 4 is 5.97 Å². The van der Waals surface area contributed by atoms with Crippen molar-refractivity contribution in [2.75, 3.05) is 20.3 Å². The first kappa shape index (κ1) is 14.5. The quantitative estimate of drug-likeness (QED) is 0.750. The van der Waals surface area contributed by atoms with Gasteiger partial charge in [0.15, 0.2) is 6.61 Å². The van der Waals surface area contributed by atoms with Gasteiger partial charge in [-0.25, -0.2) is 4.79 Å². The van der Waals surface area contributed by atoms with Gasteiger partial charge in [0.2, 0.25) is 0 Å². The van der Waals surface area contributed by atoms with E-state index in [4.69, 9.17) is 4.74 Å². The Bertz CT molecular complexity index is 362. The van der Waals surface area contributed by atoms with Gasteiger partial charge in [-0.3, -0.25) is 0 Å². The van der Waals surface area contributed by atoms with E-state index in [1.54, 1.807) is 0 Å². The third-order valence-corrected chi connectivity index (χ3v) is 2.60. The van der Waals surface area contributed by atoms with E-state index in [0.29, 0.717) is 11.8 Å². The zero-order valence-corrected chi connectivity index (χ0v) is 11.2. The number of nitrogens with one attached hydrogen (secondary N) is 1. The predicted octanol–water partition coefficient (Wildman–Crippen LogP) is 1.78. The second-order valence-corrected chi connectivity index (χ2v) is 4.17. The standard InChI is InChI=1S/C14H21NO3/c1-4-15-11(2)9-12-5-7-13(8-6-12)18-10-14(16)17-3/h5-8,11,15H,4,9-10H2,1-3H3. The summed E-state index contributed by atoms with van der Waals surface area (Å²) in [6.07, 6.45) is 0.977. The molecule has 0 aromatic heterocycles. The molecule has 1 aromatic rings. The van der Waals surface area contributed by atoms with Crippen LogP contribution < -0.4 is 10.1 Å². The fourth-order valence-electron chi connectivity index (χ4n) is 1.70. The molecule has 4 heteroatoms. The first-order valence-corrected chi connectivity index (χ1v) is 6.17. The number of hydrogen-bond acceptors (Lipinski definition) is 4. The number of benzene rings is 1. The topological polar surface area (TPSA) is 47.6 Å². The number of rotatable bonds is 7. The minimum atomic E-state index is -0.375. The van der Waals surface area contributed by atoms with Crippen LogP contribution in [0.2, 0.25) is 0 Å². The van der Waals surface area contributed by atoms with Crippen LogP contribution in [0.15, 0.2) is 24.3 Å². The van der Waals surface area contributed by atoms with Crippen LogP contribution in [-0.4, -0.2) is 32.3 Å². The van der Waals surface area contributed by atoms with E-state index >= 15 is 0 Å². The van der Waals surface area contributed by atoms with Gasteiger partial charge in [-0.2, -0.15) is 0 Å². The predicted molar refractivity (Wildman–Crippen MR) is 70.8 cm³/mol. The fraction of sp³-hybridized carbons (Fsp3) is 0.500. The molecule has 0 aliphatic heterocycles. The molecule has 1 N–H and O–H groups in total. The summed E-state index contributed by atoms with van der Waals surface area (Å²) < 4.78 is 9.78. The van der Waals surface area contributed by atoms with Crippen molar-refractivity contribution in [2.24, 2.45) is 0 Å². The molecule has 0 radical (unpaired) electrons. The molecule has 0 heterocycles. The van der Waals surface area contributed by atoms with E-state index < -0.39 is 0 Å². The maximum absolute atomic E-state index is 10.9. The van der Waals surface area contributed by atoms with Gasteiger partial charge in [0.1, 0.15) is 5.75 Å². The molecule has 0 aliphatic rings. The van der Waals surface area contributed by atoms with Crippen molar-refractivity contribution in [3.63, 3.8) is 0 Å². The van der Waals surface area contributed by atoms with Gasteiger partial charge in [0, 0.05) is 6.04 Å². The van der Waals surface area contributed by atoms with Crippen LogP contribution >= 0.6 is 0 Å². The number of esters is 1. The highest BCUT2D eigenvalue weighted by molar-refractivity contribution is 5.70. The van der Waals surface area contributed by atoms with Crippen LogP contribution in [0.4, 0.5) is 0 Å². The molecular formula is C14H21NO3. The number of carbonyl (C=O) groups excluding carboxylic acids is 1. The fourth-order valence-corrected chi connectivity index (χ4v) is 1.70. The van der Waals surface area contributed by atoms with Crippen molar-refractivity contribution in [1.29, 1.82) is 0 Å². The Morgan fingerprint density at radius 1 is 1.33 bits per heavy atom. The van der Waals surface area contributed by atoms with Crippen molar-refractivity contribution in [3.05, 3.63) is 29.8 Å². The first-order valence-electron chi connectivity index (χ1n) is 6.17. The lowest BCUT2D eigenvalue weighted by Crippen LogP contribution is -2.27. The van der Waals surface area contributed by atoms with E-state index in [9.17, 15) is 4.79 Å². The van der Waals surface area contributed by atoms with Gasteiger partial charge in [-0.1, -0.05) is 19.1 Å². The highest BCUT2D eigenvalue weighted by Crippen LogP contribution is 2.13. The van der Waals surface area contributed by atoms with Crippen LogP contribution in [0, 0.1) is 0 Å². The van der Waals surface area contributed by atoms with Gasteiger partial charge < -0.3 is 14.8 Å². The van der Waals surface area contributed by atoms with Crippen molar-refractivity contribution in [1.82, 2.24) is 5.32 Å². The highest BCUT2D eigenvalue weighted by atomic mass is 16.6. The molecule has 0 amide bonds. The third kappa shape index (κ3) is 5.19. The van der Waals surface area contributed by atoms with E-state index in [1.807, 2.05) is 24.3 Å². The molecular weight excluding hydrogens is 230 g/mol. The Hall–Kier alpha value is -1.55. The Labute approximate surface area is 108 Å². The maximum atomic E-state index is 10.9. The van der Waals surface area contributed by atoms with Crippen molar-refractivity contribution in [2.45, 2.75) is 26.3 Å². The minimum Gasteiger partial charge on any atom is -0.482 e. The van der Waals surface area contributed by atoms with Crippen LogP contribution in [0.3, 0.4) is 0 Å². The smallest absolute Gasteiger partial charge is 0.343 e. The molecule has 0 saturated heterocycles. The lowest BCUT2D eigenvalue weighted by atomic mass is 10.1. The number of ether oxygens (including phenoxy) is 2. The molecule has 100 valence electrons. The Morgan fingerprint density at radius 3 is 2.56 bits per heavy atom. The van der Waals surface area contributed by atoms with Crippen LogP contribution in [0.1, 0.15) is 19.4 Å². The number of hydrogen-bond donors (Lipinski definition) is 1. The van der Waals surface area contributed by atoms with Crippen LogP contribution in [0.5, 0.6) is 5.75 Å². The Morgan fingerprint density at radius 2 is 2.00 bits per heavy atom. The monoisotopic (exact) mass is 251 g/mol. The molecule has 0 saturated carbocycles. The first-order chi connectivity index (χ1) is 8.65. The molecule has 18 heavy (non-hydrogen) atoms. The third-order valence-electron chi connectivity index (χ3n) is 2.60. The second kappa shape index (κ2) is 7.71. The number of likely N-dealkylation sites (N-methyl/N-ethyl adjacent to an activating group) is 1. The SMILES string of the molecule is CCNC(C)Cc1ccc(OCC(=O)OC)cc1. The summed E-state index contributed by atoms with van der Waals surface area (Å²) in [5.41, 5.74) is 1.24. The average Bonchev–Trinajstić information content (AvgIpc) is 2.37. The van der Waals surface area contributed by atoms with E-state index in [0.717, 1.165) is 13.0 Å². The molecule has 1 unspecified atom stereocenters. The molecule has 0 fully saturated rings. The molecule has 1 aromatic carbocycles. The van der Waals surface area contributed by atoms with Gasteiger partial charge >= 0.3 is 5.97 Å². The molecule has 0 spiro atoms. The molecule has 1 atom stereocenters. The lowest BCUT2D eigenvalue weighted by molar-refractivity contribution is -0.142. The zero-order chi connectivity index (χ0) is 13.4. The summed E-state index contributed by atoms with van der Waals surface area (Å²) in [7, 11) is 1.34. The van der Waals surface area contributed by atoms with Crippen LogP contribution in [-0.2, 0) is 16.0 Å². The van der Waals surface area contributed by atoms with E-state index in [2.05, 4.69) is 23.9 Å². The van der Waals surface area contributed by atoms with Crippen LogP contribution in [0.25, 0.3) is 0 Å². The Balaban J connectivity index is 2.44. The summed E-state index contributed by atoms with van der Waals surface area (Å²) in [6.45, 7) is 5.18. The van der Waals surface area contributed by atoms with E-state index in [-0.39, 0.29) is 12.6 Å². The van der Waals surface area contributed by atoms with Gasteiger partial charge in [-0.05, 0) is 37.6 Å². The van der Waals surface area contributed by atoms with Gasteiger partial charge in [0.25, 0.3) is 0 Å². The number of methoxy groups -OCH3 is 1.